The molecule has 6 aromatic rings. The highest BCUT2D eigenvalue weighted by Crippen LogP contribution is 2.36. The lowest BCUT2D eigenvalue weighted by molar-refractivity contribution is -0.0348. The van der Waals surface area contributed by atoms with Gasteiger partial charge >= 0.3 is 11.9 Å². The first-order chi connectivity index (χ1) is 21.4. The summed E-state index contributed by atoms with van der Waals surface area (Å²) < 4.78 is 17.8. The van der Waals surface area contributed by atoms with E-state index in [0.717, 1.165) is 22.1 Å². The normalized spacial score (nSPS) is 17.9. The summed E-state index contributed by atoms with van der Waals surface area (Å²) in [6.07, 6.45) is -1.43. The van der Waals surface area contributed by atoms with Crippen LogP contribution in [0.3, 0.4) is 0 Å². The second-order valence-electron chi connectivity index (χ2n) is 11.4. The fourth-order valence-electron chi connectivity index (χ4n) is 5.91. The van der Waals surface area contributed by atoms with Crippen molar-refractivity contribution in [3.05, 3.63) is 131 Å². The number of ether oxygens (including phenoxy) is 3. The van der Waals surface area contributed by atoms with Gasteiger partial charge in [0.25, 0.3) is 0 Å². The predicted octanol–water partition coefficient (Wildman–Crippen LogP) is 7.79. The van der Waals surface area contributed by atoms with Crippen molar-refractivity contribution in [1.82, 2.24) is 0 Å². The lowest BCUT2D eigenvalue weighted by Crippen LogP contribution is -2.32. The van der Waals surface area contributed by atoms with Crippen molar-refractivity contribution in [2.24, 2.45) is 0 Å². The minimum absolute atomic E-state index is 0.0601. The van der Waals surface area contributed by atoms with E-state index in [2.05, 4.69) is 60.4 Å². The van der Waals surface area contributed by atoms with Crippen molar-refractivity contribution in [1.29, 1.82) is 0 Å². The van der Waals surface area contributed by atoms with Crippen LogP contribution in [-0.4, -0.2) is 36.9 Å². The molecule has 0 aliphatic carbocycles. The molecular weight excluding hydrogens is 548 g/mol. The molecule has 0 spiro atoms. The summed E-state index contributed by atoms with van der Waals surface area (Å²) in [5, 5.41) is 7.10. The highest BCUT2D eigenvalue weighted by molar-refractivity contribution is 6.23. The topological polar surface area (TPSA) is 61.8 Å². The first-order valence-electron chi connectivity index (χ1n) is 14.8. The number of carbonyl (C=O) groups excluding carboxylic acids is 2. The van der Waals surface area contributed by atoms with Crippen molar-refractivity contribution in [2.45, 2.75) is 38.6 Å². The third kappa shape index (κ3) is 5.37. The van der Waals surface area contributed by atoms with Gasteiger partial charge < -0.3 is 14.2 Å². The van der Waals surface area contributed by atoms with E-state index in [0.29, 0.717) is 17.5 Å². The molecule has 3 atom stereocenters. The van der Waals surface area contributed by atoms with Gasteiger partial charge in [-0.3, -0.25) is 0 Å². The van der Waals surface area contributed by atoms with Gasteiger partial charge in [-0.05, 0) is 76.5 Å². The number of carbonyl (C=O) groups is 2. The predicted molar refractivity (Wildman–Crippen MR) is 172 cm³/mol. The second kappa shape index (κ2) is 11.5. The van der Waals surface area contributed by atoms with E-state index in [1.165, 1.54) is 26.9 Å². The highest BCUT2D eigenvalue weighted by Gasteiger charge is 2.38. The molecule has 7 rings (SSSR count). The summed E-state index contributed by atoms with van der Waals surface area (Å²) in [4.78, 5) is 25.8. The van der Waals surface area contributed by atoms with Gasteiger partial charge in [-0.2, -0.15) is 0 Å². The smallest absolute Gasteiger partial charge is 0.338 e. The molecule has 5 nitrogen and oxygen atoms in total. The fourth-order valence-corrected chi connectivity index (χ4v) is 5.91. The van der Waals surface area contributed by atoms with Crippen molar-refractivity contribution in [2.75, 3.05) is 6.61 Å². The van der Waals surface area contributed by atoms with Gasteiger partial charge in [0, 0.05) is 12.0 Å². The van der Waals surface area contributed by atoms with E-state index in [1.807, 2.05) is 44.2 Å². The molecule has 5 heteroatoms. The van der Waals surface area contributed by atoms with E-state index in [1.54, 1.807) is 24.3 Å². The Morgan fingerprint density at radius 2 is 1.32 bits per heavy atom. The van der Waals surface area contributed by atoms with E-state index in [-0.39, 0.29) is 6.61 Å². The van der Waals surface area contributed by atoms with Crippen molar-refractivity contribution >= 4 is 44.3 Å². The van der Waals surface area contributed by atoms with Gasteiger partial charge in [-0.15, -0.1) is 0 Å². The zero-order valence-electron chi connectivity index (χ0n) is 24.5. The summed E-state index contributed by atoms with van der Waals surface area (Å²) in [7, 11) is 0. The maximum Gasteiger partial charge on any atom is 0.338 e. The van der Waals surface area contributed by atoms with Crippen LogP contribution in [-0.2, 0) is 14.2 Å². The standard InChI is InChI=1S/C39H30O5/c1-24-6-10-30(11-7-24)38(40)42-23-35-34(44-39(41)31-12-8-25(2)9-13-31)22-32(43-35)20-18-26-14-15-29-17-16-27-4-3-5-28-19-21-33(26)37(29)36(27)28/h3-17,19,21,32,34-35H,22-23H2,1-2H3/t32-,34-,35+/m0/s1. The number of hydrogen-bond acceptors (Lipinski definition) is 5. The van der Waals surface area contributed by atoms with Gasteiger partial charge in [-0.1, -0.05) is 95.8 Å². The molecule has 44 heavy (non-hydrogen) atoms. The van der Waals surface area contributed by atoms with Crippen molar-refractivity contribution in [3.8, 4) is 11.8 Å². The maximum absolute atomic E-state index is 13.0. The first-order valence-corrected chi connectivity index (χ1v) is 14.8. The summed E-state index contributed by atoms with van der Waals surface area (Å²) in [5.41, 5.74) is 3.91. The summed E-state index contributed by atoms with van der Waals surface area (Å²) in [5.74, 6) is 5.71. The highest BCUT2D eigenvalue weighted by atomic mass is 16.6. The zero-order chi connectivity index (χ0) is 30.2. The summed E-state index contributed by atoms with van der Waals surface area (Å²) in [6, 6.07) is 33.5. The van der Waals surface area contributed by atoms with Gasteiger partial charge in [0.05, 0.1) is 11.1 Å². The third-order valence-corrected chi connectivity index (χ3v) is 8.31. The molecule has 216 valence electrons. The lowest BCUT2D eigenvalue weighted by Gasteiger charge is -2.19. The van der Waals surface area contributed by atoms with Crippen LogP contribution in [0, 0.1) is 25.7 Å². The SMILES string of the molecule is Cc1ccc(C(=O)OC[C@H]2O[C@@H](C#Cc3ccc4ccc5cccc6ccc3c4c56)C[C@@H]2OC(=O)c2ccc(C)cc2)cc1. The van der Waals surface area contributed by atoms with Gasteiger partial charge in [0.2, 0.25) is 0 Å². The second-order valence-corrected chi connectivity index (χ2v) is 11.4. The third-order valence-electron chi connectivity index (χ3n) is 8.31. The molecule has 1 aliphatic rings. The number of aryl methyl sites for hydroxylation is 2. The number of benzene rings is 6. The Morgan fingerprint density at radius 3 is 2.00 bits per heavy atom. The summed E-state index contributed by atoms with van der Waals surface area (Å²) >= 11 is 0. The quantitative estimate of drug-likeness (QED) is 0.119. The first kappa shape index (κ1) is 27.6. The Bertz CT molecular complexity index is 2050. The van der Waals surface area contributed by atoms with Crippen LogP contribution in [0.15, 0.2) is 103 Å². The van der Waals surface area contributed by atoms with Gasteiger partial charge in [0.1, 0.15) is 24.9 Å². The van der Waals surface area contributed by atoms with Crippen LogP contribution in [0.5, 0.6) is 0 Å². The van der Waals surface area contributed by atoms with Crippen LogP contribution in [0.2, 0.25) is 0 Å². The molecule has 0 amide bonds. The fraction of sp³-hybridized carbons (Fsp3) is 0.179. The minimum atomic E-state index is -0.653. The van der Waals surface area contributed by atoms with Crippen LogP contribution >= 0.6 is 0 Å². The van der Waals surface area contributed by atoms with E-state index >= 15 is 0 Å². The molecule has 1 aliphatic heterocycles. The van der Waals surface area contributed by atoms with Crippen LogP contribution in [0.25, 0.3) is 32.3 Å². The zero-order valence-corrected chi connectivity index (χ0v) is 24.5. The molecule has 0 N–H and O–H groups in total. The maximum atomic E-state index is 13.0. The van der Waals surface area contributed by atoms with E-state index in [4.69, 9.17) is 14.2 Å². The number of esters is 2. The van der Waals surface area contributed by atoms with Gasteiger partial charge in [-0.25, -0.2) is 9.59 Å². The number of hydrogen-bond donors (Lipinski definition) is 0. The van der Waals surface area contributed by atoms with Gasteiger partial charge in [0.15, 0.2) is 0 Å². The van der Waals surface area contributed by atoms with Crippen LogP contribution in [0.1, 0.15) is 43.8 Å². The molecule has 0 bridgehead atoms. The Morgan fingerprint density at radius 1 is 0.727 bits per heavy atom. The molecule has 0 aromatic heterocycles. The largest absolute Gasteiger partial charge is 0.459 e. The van der Waals surface area contributed by atoms with Crippen LogP contribution < -0.4 is 0 Å². The monoisotopic (exact) mass is 578 g/mol. The molecule has 1 heterocycles. The summed E-state index contributed by atoms with van der Waals surface area (Å²) in [6.45, 7) is 3.86. The van der Waals surface area contributed by atoms with Crippen molar-refractivity contribution in [3.63, 3.8) is 0 Å². The lowest BCUT2D eigenvalue weighted by atomic mass is 9.92. The molecule has 0 saturated carbocycles. The molecule has 0 radical (unpaired) electrons. The molecular formula is C39H30O5. The molecule has 6 aromatic carbocycles. The Hall–Kier alpha value is -5.18. The van der Waals surface area contributed by atoms with Crippen LogP contribution in [0.4, 0.5) is 0 Å². The van der Waals surface area contributed by atoms with Crippen molar-refractivity contribution < 1.29 is 23.8 Å². The molecule has 1 saturated heterocycles. The Kier molecular flexibility index (Phi) is 7.21. The Labute approximate surface area is 255 Å². The van der Waals surface area contributed by atoms with E-state index < -0.39 is 30.3 Å². The van der Waals surface area contributed by atoms with E-state index in [9.17, 15) is 9.59 Å². The molecule has 1 fully saturated rings. The minimum Gasteiger partial charge on any atom is -0.459 e. The molecule has 0 unspecified atom stereocenters. The Balaban J connectivity index is 1.15. The average molecular weight is 579 g/mol. The average Bonchev–Trinajstić information content (AvgIpc) is 3.43. The number of rotatable bonds is 5.